The first kappa shape index (κ1) is 27.0. The molecule has 0 spiro atoms. The Hall–Kier alpha value is -4.20. The number of aromatic nitrogens is 2. The molecule has 0 atom stereocenters. The van der Waals surface area contributed by atoms with E-state index in [1.807, 2.05) is 34.9 Å². The molecule has 6 rings (SSSR count). The standard InChI is InChI=1S/C31H28FN3O5S/c32-25-14-22(11-12-29(25)41(33,38)39)17-35-27(23-6-2-5-20(13-23)8-7-19-3-1-4-19)16-24(28(35)15-21-9-10-21)30-34-26(18-40-30)31(36)37/h2,5-6,11-14,16,18-19,21H,1,3-4,9-10,15,17H2,(H,36,37)(H2,33,38,39). The number of rotatable bonds is 8. The Labute approximate surface area is 237 Å². The Morgan fingerprint density at radius 1 is 1.15 bits per heavy atom. The summed E-state index contributed by atoms with van der Waals surface area (Å²) in [7, 11) is -4.20. The minimum absolute atomic E-state index is 0.190. The molecule has 0 radical (unpaired) electrons. The molecule has 3 N–H and O–H groups in total. The molecular formula is C31H28FN3O5S. The summed E-state index contributed by atoms with van der Waals surface area (Å²) in [6.07, 6.45) is 7.40. The van der Waals surface area contributed by atoms with Gasteiger partial charge in [-0.1, -0.05) is 36.5 Å². The molecule has 2 aromatic carbocycles. The van der Waals surface area contributed by atoms with Gasteiger partial charge in [-0.25, -0.2) is 27.7 Å². The molecule has 2 fully saturated rings. The smallest absolute Gasteiger partial charge is 0.357 e. The zero-order valence-corrected chi connectivity index (χ0v) is 23.0. The third-order valence-corrected chi connectivity index (χ3v) is 8.61. The average Bonchev–Trinajstić information content (AvgIpc) is 3.45. The van der Waals surface area contributed by atoms with Gasteiger partial charge in [0.1, 0.15) is 17.0 Å². The van der Waals surface area contributed by atoms with Crippen molar-refractivity contribution >= 4 is 16.0 Å². The van der Waals surface area contributed by atoms with Crippen molar-refractivity contribution in [3.8, 4) is 34.6 Å². The van der Waals surface area contributed by atoms with E-state index in [0.717, 1.165) is 54.5 Å². The van der Waals surface area contributed by atoms with E-state index in [1.54, 1.807) is 6.07 Å². The maximum Gasteiger partial charge on any atom is 0.357 e. The van der Waals surface area contributed by atoms with Crippen molar-refractivity contribution in [2.45, 2.75) is 50.0 Å². The molecule has 10 heteroatoms. The molecule has 0 aliphatic heterocycles. The van der Waals surface area contributed by atoms with E-state index in [-0.39, 0.29) is 18.1 Å². The topological polar surface area (TPSA) is 128 Å². The second-order valence-electron chi connectivity index (χ2n) is 10.8. The molecule has 2 aromatic heterocycles. The summed E-state index contributed by atoms with van der Waals surface area (Å²) >= 11 is 0. The van der Waals surface area contributed by atoms with Crippen LogP contribution in [0, 0.1) is 29.5 Å². The van der Waals surface area contributed by atoms with E-state index in [1.165, 1.54) is 18.6 Å². The first-order chi connectivity index (χ1) is 19.7. The molecule has 2 aliphatic carbocycles. The third kappa shape index (κ3) is 5.82. The summed E-state index contributed by atoms with van der Waals surface area (Å²) in [6, 6.07) is 13.7. The van der Waals surface area contributed by atoms with Crippen LogP contribution >= 0.6 is 0 Å². The lowest BCUT2D eigenvalue weighted by Crippen LogP contribution is -2.14. The number of oxazole rings is 1. The highest BCUT2D eigenvalue weighted by molar-refractivity contribution is 7.89. The average molecular weight is 574 g/mol. The first-order valence-electron chi connectivity index (χ1n) is 13.5. The molecule has 0 unspecified atom stereocenters. The Morgan fingerprint density at radius 2 is 1.95 bits per heavy atom. The van der Waals surface area contributed by atoms with Crippen molar-refractivity contribution < 1.29 is 27.1 Å². The maximum absolute atomic E-state index is 14.8. The van der Waals surface area contributed by atoms with Gasteiger partial charge in [0.05, 0.1) is 5.56 Å². The van der Waals surface area contributed by atoms with Crippen LogP contribution in [0.25, 0.3) is 22.7 Å². The van der Waals surface area contributed by atoms with Crippen molar-refractivity contribution in [3.63, 3.8) is 0 Å². The first-order valence-corrected chi connectivity index (χ1v) is 15.0. The molecule has 4 aromatic rings. The summed E-state index contributed by atoms with van der Waals surface area (Å²) < 4.78 is 46.0. The third-order valence-electron chi connectivity index (χ3n) is 7.67. The van der Waals surface area contributed by atoms with E-state index < -0.39 is 26.7 Å². The summed E-state index contributed by atoms with van der Waals surface area (Å²) in [4.78, 5) is 15.2. The normalized spacial score (nSPS) is 15.3. The summed E-state index contributed by atoms with van der Waals surface area (Å²) in [5.41, 5.74) is 4.43. The van der Waals surface area contributed by atoms with Crippen molar-refractivity contribution in [3.05, 3.63) is 83.1 Å². The lowest BCUT2D eigenvalue weighted by molar-refractivity contribution is 0.0690. The van der Waals surface area contributed by atoms with Crippen LogP contribution in [0.3, 0.4) is 0 Å². The Morgan fingerprint density at radius 3 is 2.59 bits per heavy atom. The van der Waals surface area contributed by atoms with Crippen molar-refractivity contribution in [2.75, 3.05) is 0 Å². The van der Waals surface area contributed by atoms with E-state index in [2.05, 4.69) is 16.8 Å². The molecule has 0 bridgehead atoms. The number of primary sulfonamides is 1. The van der Waals surface area contributed by atoms with Gasteiger partial charge in [-0.15, -0.1) is 0 Å². The van der Waals surface area contributed by atoms with E-state index >= 15 is 0 Å². The highest BCUT2D eigenvalue weighted by Gasteiger charge is 2.29. The summed E-state index contributed by atoms with van der Waals surface area (Å²) in [5.74, 6) is 5.60. The molecule has 0 amide bonds. The SMILES string of the molecule is NS(=O)(=O)c1ccc(Cn2c(-c3cccc(C#CC4CCC4)c3)cc(-c3nc(C(=O)O)co3)c2CC2CC2)cc1F. The molecule has 0 saturated heterocycles. The van der Waals surface area contributed by atoms with Gasteiger partial charge >= 0.3 is 5.97 Å². The summed E-state index contributed by atoms with van der Waals surface area (Å²) in [6.45, 7) is 0.226. The van der Waals surface area contributed by atoms with Crippen molar-refractivity contribution in [1.29, 1.82) is 0 Å². The number of carboxylic acid groups (broad SMARTS) is 1. The van der Waals surface area contributed by atoms with Crippen molar-refractivity contribution in [2.24, 2.45) is 17.0 Å². The highest BCUT2D eigenvalue weighted by Crippen LogP contribution is 2.40. The van der Waals surface area contributed by atoms with Crippen LogP contribution in [0.1, 0.15) is 59.4 Å². The monoisotopic (exact) mass is 573 g/mol. The summed E-state index contributed by atoms with van der Waals surface area (Å²) in [5, 5.41) is 14.6. The Kier molecular flexibility index (Phi) is 7.01. The van der Waals surface area contributed by atoms with Gasteiger partial charge in [0.15, 0.2) is 5.69 Å². The fourth-order valence-electron chi connectivity index (χ4n) is 5.06. The molecule has 2 heterocycles. The number of nitrogens with two attached hydrogens (primary N) is 1. The van der Waals surface area contributed by atoms with Gasteiger partial charge in [-0.05, 0) is 79.5 Å². The fraction of sp³-hybridized carbons (Fsp3) is 0.290. The lowest BCUT2D eigenvalue weighted by atomic mass is 9.86. The van der Waals surface area contributed by atoms with Crippen LogP contribution in [0.4, 0.5) is 4.39 Å². The van der Waals surface area contributed by atoms with Gasteiger partial charge in [0, 0.05) is 29.4 Å². The van der Waals surface area contributed by atoms with Crippen LogP contribution in [0.2, 0.25) is 0 Å². The van der Waals surface area contributed by atoms with Gasteiger partial charge in [-0.2, -0.15) is 0 Å². The van der Waals surface area contributed by atoms with E-state index in [9.17, 15) is 22.7 Å². The minimum Gasteiger partial charge on any atom is -0.476 e. The van der Waals surface area contributed by atoms with Gasteiger partial charge in [0.2, 0.25) is 15.9 Å². The molecule has 2 saturated carbocycles. The van der Waals surface area contributed by atoms with Crippen LogP contribution in [-0.4, -0.2) is 29.0 Å². The van der Waals surface area contributed by atoms with Gasteiger partial charge in [0.25, 0.3) is 0 Å². The van der Waals surface area contributed by atoms with Gasteiger partial charge < -0.3 is 14.1 Å². The lowest BCUT2D eigenvalue weighted by Gasteiger charge is -2.18. The number of nitrogens with zero attached hydrogens (tertiary/aromatic N) is 2. The quantitative estimate of drug-likeness (QED) is 0.270. The zero-order valence-electron chi connectivity index (χ0n) is 22.1. The Bertz CT molecular complexity index is 1820. The predicted molar refractivity (Wildman–Crippen MR) is 150 cm³/mol. The highest BCUT2D eigenvalue weighted by atomic mass is 32.2. The number of hydrogen-bond donors (Lipinski definition) is 2. The van der Waals surface area contributed by atoms with Gasteiger partial charge in [-0.3, -0.25) is 0 Å². The number of carboxylic acids is 1. The number of benzene rings is 2. The van der Waals surface area contributed by atoms with Crippen molar-refractivity contribution in [1.82, 2.24) is 9.55 Å². The number of aromatic carboxylic acids is 1. The number of sulfonamides is 1. The Balaban J connectivity index is 1.48. The van der Waals surface area contributed by atoms with Crippen LogP contribution in [0.15, 0.2) is 64.1 Å². The molecule has 8 nitrogen and oxygen atoms in total. The molecule has 210 valence electrons. The van der Waals surface area contributed by atoms with E-state index in [0.29, 0.717) is 29.4 Å². The van der Waals surface area contributed by atoms with Crippen LogP contribution < -0.4 is 5.14 Å². The van der Waals surface area contributed by atoms with Crippen LogP contribution in [0.5, 0.6) is 0 Å². The largest absolute Gasteiger partial charge is 0.476 e. The second kappa shape index (κ2) is 10.7. The van der Waals surface area contributed by atoms with E-state index in [4.69, 9.17) is 9.56 Å². The maximum atomic E-state index is 14.8. The van der Waals surface area contributed by atoms with Crippen LogP contribution in [-0.2, 0) is 23.0 Å². The molecular weight excluding hydrogens is 545 g/mol. The minimum atomic E-state index is -4.20. The molecule has 2 aliphatic rings. The number of carbonyl (C=O) groups is 1. The zero-order chi connectivity index (χ0) is 28.7. The fourth-order valence-corrected chi connectivity index (χ4v) is 5.64. The number of hydrogen-bond acceptors (Lipinski definition) is 5. The second-order valence-corrected chi connectivity index (χ2v) is 12.3. The predicted octanol–water partition coefficient (Wildman–Crippen LogP) is 5.45. The number of halogens is 1. The molecule has 41 heavy (non-hydrogen) atoms.